The lowest BCUT2D eigenvalue weighted by Gasteiger charge is -2.35. The highest BCUT2D eigenvalue weighted by Gasteiger charge is 2.29. The van der Waals surface area contributed by atoms with Gasteiger partial charge in [-0.05, 0) is 27.8 Å². The van der Waals surface area contributed by atoms with Gasteiger partial charge in [0.05, 0.1) is 0 Å². The molecule has 0 spiro atoms. The summed E-state index contributed by atoms with van der Waals surface area (Å²) in [6, 6.07) is 13.3. The van der Waals surface area contributed by atoms with Gasteiger partial charge in [-0.3, -0.25) is 4.90 Å². The third-order valence-corrected chi connectivity index (χ3v) is 4.41. The van der Waals surface area contributed by atoms with Crippen LogP contribution in [0.15, 0.2) is 42.5 Å². The van der Waals surface area contributed by atoms with Crippen LogP contribution in [0.3, 0.4) is 0 Å². The number of rotatable bonds is 4. The topological polar surface area (TPSA) is 3.24 Å². The van der Waals surface area contributed by atoms with E-state index in [1.807, 2.05) is 36.4 Å². The maximum atomic E-state index is 13.4. The Labute approximate surface area is 128 Å². The van der Waals surface area contributed by atoms with Gasteiger partial charge in [-0.2, -0.15) is 0 Å². The van der Waals surface area contributed by atoms with Crippen molar-refractivity contribution in [2.75, 3.05) is 13.3 Å². The predicted octanol–water partition coefficient (Wildman–Crippen LogP) is 4.50. The molecule has 22 heavy (non-hydrogen) atoms. The van der Waals surface area contributed by atoms with Crippen molar-refractivity contribution < 1.29 is 13.2 Å². The fraction of sp³-hybridized carbons (Fsp3) is 0.333. The summed E-state index contributed by atoms with van der Waals surface area (Å²) in [5.41, 5.74) is 3.56. The van der Waals surface area contributed by atoms with Gasteiger partial charge in [0.2, 0.25) is 0 Å². The number of fused-ring (bicyclic) bond motifs is 1. The Kier molecular flexibility index (Phi) is 4.48. The fourth-order valence-corrected chi connectivity index (χ4v) is 3.27. The van der Waals surface area contributed by atoms with Gasteiger partial charge in [0.1, 0.15) is 20.1 Å². The van der Waals surface area contributed by atoms with Crippen LogP contribution in [0.25, 0.3) is 0 Å². The van der Waals surface area contributed by atoms with Crippen LogP contribution in [-0.4, -0.2) is 18.2 Å². The van der Waals surface area contributed by atoms with E-state index in [4.69, 9.17) is 0 Å². The van der Waals surface area contributed by atoms with E-state index in [0.29, 0.717) is 24.2 Å². The van der Waals surface area contributed by atoms with Crippen molar-refractivity contribution in [3.8, 4) is 0 Å². The summed E-state index contributed by atoms with van der Waals surface area (Å²) in [7, 11) is 0. The van der Waals surface area contributed by atoms with Crippen molar-refractivity contribution in [3.63, 3.8) is 0 Å². The van der Waals surface area contributed by atoms with Crippen molar-refractivity contribution in [3.05, 3.63) is 70.3 Å². The Morgan fingerprint density at radius 3 is 2.36 bits per heavy atom. The number of hydrogen-bond donors (Lipinski definition) is 0. The molecule has 1 heterocycles. The minimum atomic E-state index is -0.718. The third-order valence-electron chi connectivity index (χ3n) is 4.41. The molecule has 0 radical (unpaired) electrons. The van der Waals surface area contributed by atoms with E-state index in [0.717, 1.165) is 16.7 Å². The quantitative estimate of drug-likeness (QED) is 0.752. The molecule has 0 aliphatic carbocycles. The molecule has 0 amide bonds. The van der Waals surface area contributed by atoms with Crippen molar-refractivity contribution in [2.24, 2.45) is 0 Å². The Hall–Kier alpha value is -1.81. The molecule has 0 fully saturated rings. The SMILES string of the molecule is FCc1ccc2c(c1CF)CN(CF)CC2c1ccccc1. The van der Waals surface area contributed by atoms with E-state index in [1.165, 1.54) is 0 Å². The van der Waals surface area contributed by atoms with Crippen LogP contribution >= 0.6 is 0 Å². The van der Waals surface area contributed by atoms with Gasteiger partial charge in [0.15, 0.2) is 0 Å². The molecule has 4 heteroatoms. The van der Waals surface area contributed by atoms with E-state index in [9.17, 15) is 13.2 Å². The first kappa shape index (κ1) is 15.1. The molecule has 0 aromatic heterocycles. The lowest BCUT2D eigenvalue weighted by Crippen LogP contribution is -2.34. The van der Waals surface area contributed by atoms with Crippen molar-refractivity contribution >= 4 is 0 Å². The Morgan fingerprint density at radius 1 is 0.955 bits per heavy atom. The van der Waals surface area contributed by atoms with Gasteiger partial charge in [-0.1, -0.05) is 42.5 Å². The molecule has 0 saturated heterocycles. The zero-order chi connectivity index (χ0) is 15.5. The van der Waals surface area contributed by atoms with E-state index in [1.54, 1.807) is 11.0 Å². The van der Waals surface area contributed by atoms with E-state index < -0.39 is 20.1 Å². The van der Waals surface area contributed by atoms with E-state index in [2.05, 4.69) is 0 Å². The molecule has 1 aliphatic rings. The van der Waals surface area contributed by atoms with Crippen molar-refractivity contribution in [1.82, 2.24) is 4.90 Å². The summed E-state index contributed by atoms with van der Waals surface area (Å²) in [5.74, 6) is -0.0142. The standard InChI is InChI=1S/C18H18F3N/c19-8-14-6-7-15-17(13-4-2-1-3-5-13)10-22(12-21)11-18(15)16(14)9-20/h1-7,17H,8-12H2. The number of alkyl halides is 3. The number of hydrogen-bond acceptors (Lipinski definition) is 1. The van der Waals surface area contributed by atoms with E-state index in [-0.39, 0.29) is 5.92 Å². The molecule has 116 valence electrons. The molecule has 2 aromatic carbocycles. The summed E-state index contributed by atoms with van der Waals surface area (Å²) in [6.07, 6.45) is 0. The molecular weight excluding hydrogens is 287 g/mol. The Morgan fingerprint density at radius 2 is 1.73 bits per heavy atom. The van der Waals surface area contributed by atoms with Crippen LogP contribution in [0.2, 0.25) is 0 Å². The second-order valence-corrected chi connectivity index (χ2v) is 5.63. The predicted molar refractivity (Wildman–Crippen MR) is 80.7 cm³/mol. The first-order chi connectivity index (χ1) is 10.8. The maximum Gasteiger partial charge on any atom is 0.143 e. The highest BCUT2D eigenvalue weighted by atomic mass is 19.1. The second-order valence-electron chi connectivity index (χ2n) is 5.63. The van der Waals surface area contributed by atoms with Gasteiger partial charge in [0.25, 0.3) is 0 Å². The van der Waals surface area contributed by atoms with Crippen LogP contribution in [-0.2, 0) is 19.9 Å². The molecule has 0 N–H and O–H groups in total. The second kappa shape index (κ2) is 6.53. The average molecular weight is 305 g/mol. The zero-order valence-corrected chi connectivity index (χ0v) is 12.2. The summed E-state index contributed by atoms with van der Waals surface area (Å²) in [5, 5.41) is 0. The van der Waals surface area contributed by atoms with Crippen molar-refractivity contribution in [1.29, 1.82) is 0 Å². The highest BCUT2D eigenvalue weighted by molar-refractivity contribution is 5.47. The first-order valence-corrected chi connectivity index (χ1v) is 7.37. The van der Waals surface area contributed by atoms with Gasteiger partial charge in [-0.25, -0.2) is 13.2 Å². The summed E-state index contributed by atoms with van der Waals surface area (Å²) >= 11 is 0. The van der Waals surface area contributed by atoms with Crippen LogP contribution in [0.4, 0.5) is 13.2 Å². The molecule has 3 rings (SSSR count). The van der Waals surface area contributed by atoms with Gasteiger partial charge in [-0.15, -0.1) is 0 Å². The molecule has 0 saturated carbocycles. The van der Waals surface area contributed by atoms with E-state index >= 15 is 0 Å². The highest BCUT2D eigenvalue weighted by Crippen LogP contribution is 2.36. The smallest absolute Gasteiger partial charge is 0.143 e. The lowest BCUT2D eigenvalue weighted by atomic mass is 9.82. The minimum absolute atomic E-state index is 0.0142. The Balaban J connectivity index is 2.13. The molecule has 1 nitrogen and oxygen atoms in total. The summed E-state index contributed by atoms with van der Waals surface area (Å²) in [4.78, 5) is 1.64. The fourth-order valence-electron chi connectivity index (χ4n) is 3.27. The lowest BCUT2D eigenvalue weighted by molar-refractivity contribution is 0.160. The minimum Gasteiger partial charge on any atom is -0.271 e. The third kappa shape index (κ3) is 2.63. The summed E-state index contributed by atoms with van der Waals surface area (Å²) in [6.45, 7) is -1.12. The van der Waals surface area contributed by atoms with Gasteiger partial charge < -0.3 is 0 Å². The molecular formula is C18H18F3N. The molecule has 1 atom stereocenters. The zero-order valence-electron chi connectivity index (χ0n) is 12.2. The molecule has 0 bridgehead atoms. The maximum absolute atomic E-state index is 13.4. The molecule has 2 aromatic rings. The van der Waals surface area contributed by atoms with Crippen molar-refractivity contribution in [2.45, 2.75) is 25.8 Å². The van der Waals surface area contributed by atoms with Crippen LogP contribution in [0, 0.1) is 0 Å². The molecule has 1 aliphatic heterocycles. The van der Waals surface area contributed by atoms with Crippen LogP contribution in [0.5, 0.6) is 0 Å². The van der Waals surface area contributed by atoms with Crippen LogP contribution in [0.1, 0.15) is 33.7 Å². The monoisotopic (exact) mass is 305 g/mol. The number of halogens is 3. The van der Waals surface area contributed by atoms with Gasteiger partial charge in [0, 0.05) is 19.0 Å². The number of benzene rings is 2. The first-order valence-electron chi connectivity index (χ1n) is 7.37. The number of nitrogens with zero attached hydrogens (tertiary/aromatic N) is 1. The van der Waals surface area contributed by atoms with Crippen LogP contribution < -0.4 is 0 Å². The molecule has 1 unspecified atom stereocenters. The summed E-state index contributed by atoms with van der Waals surface area (Å²) < 4.78 is 39.8. The normalized spacial score (nSPS) is 18.2. The van der Waals surface area contributed by atoms with Gasteiger partial charge >= 0.3 is 0 Å². The largest absolute Gasteiger partial charge is 0.271 e. The Bertz CT molecular complexity index is 642. The average Bonchev–Trinajstić information content (AvgIpc) is 2.60.